The predicted octanol–water partition coefficient (Wildman–Crippen LogP) is 1.76. The fourth-order valence-corrected chi connectivity index (χ4v) is 7.17. The Bertz CT molecular complexity index is 1400. The highest BCUT2D eigenvalue weighted by Crippen LogP contribution is 2.37. The van der Waals surface area contributed by atoms with E-state index in [1.807, 2.05) is 12.1 Å². The summed E-state index contributed by atoms with van der Waals surface area (Å²) in [6, 6.07) is 7.52. The molecule has 2 aromatic rings. The van der Waals surface area contributed by atoms with E-state index in [0.29, 0.717) is 29.1 Å². The normalized spacial score (nSPS) is 22.5. The topological polar surface area (TPSA) is 131 Å². The quantitative estimate of drug-likeness (QED) is 0.410. The molecule has 11 heteroatoms. The summed E-state index contributed by atoms with van der Waals surface area (Å²) in [7, 11) is -4.11. The first kappa shape index (κ1) is 27.3. The fraction of sp³-hybridized carbons (Fsp3) is 0.500. The average molecular weight is 555 g/mol. The van der Waals surface area contributed by atoms with Crippen molar-refractivity contribution < 1.29 is 27.5 Å². The van der Waals surface area contributed by atoms with Crippen molar-refractivity contribution >= 4 is 27.6 Å². The van der Waals surface area contributed by atoms with Crippen LogP contribution in [0.3, 0.4) is 0 Å². The highest BCUT2D eigenvalue weighted by molar-refractivity contribution is 7.89. The van der Waals surface area contributed by atoms with Crippen LogP contribution < -0.4 is 10.0 Å². The molecule has 0 radical (unpaired) electrons. The molecule has 2 aliphatic heterocycles. The number of likely N-dealkylation sites (tertiary alicyclic amines) is 1. The van der Waals surface area contributed by atoms with Crippen molar-refractivity contribution in [2.75, 3.05) is 13.1 Å². The standard InChI is InChI=1S/C28H34N4O6S/c1-28(2,3)20-10-8-19(9-11-20)26(34)29-22(15-18-6-7-18)27(35)31-14-12-23-25(31)24(33)17-32(23)39(37,38)21-5-4-13-30(36)16-21/h4-5,8-11,13,16,18,22-23,25H,6-7,12,14-15,17H2,1-3H3,(H,29,34). The number of carbonyl (C=O) groups excluding carboxylic acids is 3. The number of hydrogen-bond acceptors (Lipinski definition) is 6. The predicted molar refractivity (Wildman–Crippen MR) is 142 cm³/mol. The number of nitrogens with zero attached hydrogens (tertiary/aromatic N) is 3. The van der Waals surface area contributed by atoms with Gasteiger partial charge < -0.3 is 15.4 Å². The molecular formula is C28H34N4O6S. The Morgan fingerprint density at radius 2 is 1.82 bits per heavy atom. The van der Waals surface area contributed by atoms with Crippen molar-refractivity contribution in [2.24, 2.45) is 5.92 Å². The molecule has 3 atom stereocenters. The second-order valence-corrected chi connectivity index (χ2v) is 13.7. The molecule has 1 aromatic heterocycles. The molecule has 3 fully saturated rings. The van der Waals surface area contributed by atoms with Crippen LogP contribution in [0, 0.1) is 11.1 Å². The minimum atomic E-state index is -4.11. The van der Waals surface area contributed by atoms with Crippen LogP contribution in [0.15, 0.2) is 53.7 Å². The number of sulfonamides is 1. The lowest BCUT2D eigenvalue weighted by Gasteiger charge is -2.28. The Labute approximate surface area is 228 Å². The summed E-state index contributed by atoms with van der Waals surface area (Å²) in [6.45, 7) is 6.11. The van der Waals surface area contributed by atoms with Crippen LogP contribution in [0.25, 0.3) is 0 Å². The molecule has 3 aliphatic rings. The number of fused-ring (bicyclic) bond motifs is 1. The third-order valence-corrected chi connectivity index (χ3v) is 9.75. The zero-order valence-electron chi connectivity index (χ0n) is 22.4. The van der Waals surface area contributed by atoms with Crippen LogP contribution in [0.2, 0.25) is 0 Å². The molecule has 2 amide bonds. The molecule has 10 nitrogen and oxygen atoms in total. The maximum absolute atomic E-state index is 13.8. The maximum Gasteiger partial charge on any atom is 0.251 e. The lowest BCUT2D eigenvalue weighted by molar-refractivity contribution is -0.607. The van der Waals surface area contributed by atoms with Crippen LogP contribution in [0.1, 0.15) is 62.4 Å². The van der Waals surface area contributed by atoms with Crippen molar-refractivity contribution in [3.63, 3.8) is 0 Å². The van der Waals surface area contributed by atoms with Crippen molar-refractivity contribution in [3.8, 4) is 0 Å². The van der Waals surface area contributed by atoms with Crippen molar-refractivity contribution in [3.05, 3.63) is 65.1 Å². The number of aromatic nitrogens is 1. The van der Waals surface area contributed by atoms with Gasteiger partial charge in [0.05, 0.1) is 12.6 Å². The Balaban J connectivity index is 1.33. The molecule has 2 saturated heterocycles. The lowest BCUT2D eigenvalue weighted by atomic mass is 9.86. The first-order valence-corrected chi connectivity index (χ1v) is 14.8. The number of ketones is 1. The third-order valence-electron chi connectivity index (χ3n) is 7.90. The number of rotatable bonds is 7. The van der Waals surface area contributed by atoms with Crippen molar-refractivity contribution in [1.29, 1.82) is 0 Å². The number of nitrogens with one attached hydrogen (secondary N) is 1. The van der Waals surface area contributed by atoms with E-state index in [9.17, 15) is 28.0 Å². The van der Waals surface area contributed by atoms with E-state index in [0.717, 1.165) is 28.9 Å². The van der Waals surface area contributed by atoms with Gasteiger partial charge in [-0.05, 0) is 47.9 Å². The Kier molecular flexibility index (Phi) is 7.00. The number of amides is 2. The zero-order valence-corrected chi connectivity index (χ0v) is 23.2. The van der Waals surface area contributed by atoms with Gasteiger partial charge in [0, 0.05) is 18.2 Å². The van der Waals surface area contributed by atoms with Crippen molar-refractivity contribution in [1.82, 2.24) is 14.5 Å². The van der Waals surface area contributed by atoms with E-state index in [2.05, 4.69) is 26.1 Å². The lowest BCUT2D eigenvalue weighted by Crippen LogP contribution is -2.52. The smallest absolute Gasteiger partial charge is 0.251 e. The summed E-state index contributed by atoms with van der Waals surface area (Å²) in [4.78, 5) is 41.2. The van der Waals surface area contributed by atoms with Crippen LogP contribution in [0.5, 0.6) is 0 Å². The number of carbonyl (C=O) groups is 3. The Morgan fingerprint density at radius 1 is 1.13 bits per heavy atom. The summed E-state index contributed by atoms with van der Waals surface area (Å²) < 4.78 is 28.1. The van der Waals surface area contributed by atoms with Crippen LogP contribution in [-0.4, -0.2) is 66.4 Å². The molecule has 1 saturated carbocycles. The molecule has 3 heterocycles. The van der Waals surface area contributed by atoms with E-state index in [4.69, 9.17) is 0 Å². The van der Waals surface area contributed by atoms with Gasteiger partial charge in [0.25, 0.3) is 5.91 Å². The van der Waals surface area contributed by atoms with Crippen LogP contribution in [-0.2, 0) is 25.0 Å². The van der Waals surface area contributed by atoms with Gasteiger partial charge in [0.1, 0.15) is 17.0 Å². The largest absolute Gasteiger partial charge is 0.619 e. The minimum absolute atomic E-state index is 0.0580. The van der Waals surface area contributed by atoms with Gasteiger partial charge in [-0.1, -0.05) is 45.7 Å². The number of pyridine rings is 1. The molecule has 0 bridgehead atoms. The van der Waals surface area contributed by atoms with Gasteiger partial charge in [0.2, 0.25) is 15.9 Å². The second-order valence-electron chi connectivity index (χ2n) is 11.8. The van der Waals surface area contributed by atoms with E-state index in [1.54, 1.807) is 12.1 Å². The first-order valence-electron chi connectivity index (χ1n) is 13.3. The summed E-state index contributed by atoms with van der Waals surface area (Å²) in [6.07, 6.45) is 4.87. The van der Waals surface area contributed by atoms with Crippen LogP contribution in [0.4, 0.5) is 0 Å². The van der Waals surface area contributed by atoms with E-state index >= 15 is 0 Å². The summed E-state index contributed by atoms with van der Waals surface area (Å²) >= 11 is 0. The second kappa shape index (κ2) is 10.0. The Morgan fingerprint density at radius 3 is 2.44 bits per heavy atom. The number of benzene rings is 1. The summed E-state index contributed by atoms with van der Waals surface area (Å²) in [5.41, 5.74) is 1.48. The minimum Gasteiger partial charge on any atom is -0.619 e. The highest BCUT2D eigenvalue weighted by Gasteiger charge is 2.54. The summed E-state index contributed by atoms with van der Waals surface area (Å²) in [5.74, 6) is -0.760. The monoisotopic (exact) mass is 554 g/mol. The summed E-state index contributed by atoms with van der Waals surface area (Å²) in [5, 5.41) is 14.6. The average Bonchev–Trinajstić information content (AvgIpc) is 3.49. The molecule has 5 rings (SSSR count). The van der Waals surface area contributed by atoms with Gasteiger partial charge in [-0.15, -0.1) is 0 Å². The molecule has 208 valence electrons. The maximum atomic E-state index is 13.8. The highest BCUT2D eigenvalue weighted by atomic mass is 32.2. The van der Waals surface area contributed by atoms with Crippen molar-refractivity contribution in [2.45, 2.75) is 74.9 Å². The molecule has 1 N–H and O–H groups in total. The Hall–Kier alpha value is -3.31. The van der Waals surface area contributed by atoms with Gasteiger partial charge in [-0.3, -0.25) is 14.4 Å². The fourth-order valence-electron chi connectivity index (χ4n) is 5.53. The SMILES string of the molecule is CC(C)(C)c1ccc(C(=O)NC(CC2CC2)C(=O)N2CCC3C2C(=O)CN3S(=O)(=O)c2ccc[n+]([O-])c2)cc1. The molecule has 0 spiro atoms. The van der Waals surface area contributed by atoms with E-state index < -0.39 is 28.1 Å². The zero-order chi connectivity index (χ0) is 28.1. The molecular weight excluding hydrogens is 520 g/mol. The number of hydrogen-bond donors (Lipinski definition) is 1. The van der Waals surface area contributed by atoms with Gasteiger partial charge in [0.15, 0.2) is 18.2 Å². The van der Waals surface area contributed by atoms with E-state index in [-0.39, 0.29) is 41.0 Å². The first-order chi connectivity index (χ1) is 18.4. The van der Waals surface area contributed by atoms with Gasteiger partial charge in [-0.2, -0.15) is 9.04 Å². The third kappa shape index (κ3) is 5.42. The molecule has 1 aromatic carbocycles. The molecule has 1 aliphatic carbocycles. The van der Waals surface area contributed by atoms with Gasteiger partial charge >= 0.3 is 0 Å². The molecule has 39 heavy (non-hydrogen) atoms. The van der Waals surface area contributed by atoms with Gasteiger partial charge in [-0.25, -0.2) is 8.42 Å². The molecule has 3 unspecified atom stereocenters. The van der Waals surface area contributed by atoms with Crippen LogP contribution >= 0.6 is 0 Å². The number of Topliss-reactive ketones (excluding diaryl/α,β-unsaturated/α-hetero) is 1. The van der Waals surface area contributed by atoms with E-state index in [1.165, 1.54) is 23.2 Å².